The van der Waals surface area contributed by atoms with Crippen molar-refractivity contribution in [3.05, 3.63) is 69.2 Å². The molecule has 1 fully saturated rings. The Hall–Kier alpha value is -1.51. The van der Waals surface area contributed by atoms with Gasteiger partial charge in [0.25, 0.3) is 0 Å². The first-order chi connectivity index (χ1) is 13.4. The lowest BCUT2D eigenvalue weighted by molar-refractivity contribution is -0.368. The second-order valence-electron chi connectivity index (χ2n) is 7.48. The highest BCUT2D eigenvalue weighted by molar-refractivity contribution is 6.31. The fraction of sp³-hybridized carbons (Fsp3) is 0.429. The van der Waals surface area contributed by atoms with E-state index in [0.29, 0.717) is 17.0 Å². The van der Waals surface area contributed by atoms with Gasteiger partial charge in [0.1, 0.15) is 24.4 Å². The molecule has 0 amide bonds. The lowest BCUT2D eigenvalue weighted by atomic mass is 9.86. The first-order valence-corrected chi connectivity index (χ1v) is 9.57. The third kappa shape index (κ3) is 3.15. The molecule has 5 atom stereocenters. The third-order valence-corrected chi connectivity index (χ3v) is 5.91. The number of benzene rings is 2. The van der Waals surface area contributed by atoms with Gasteiger partial charge in [-0.3, -0.25) is 0 Å². The lowest BCUT2D eigenvalue weighted by Crippen LogP contribution is -2.63. The fourth-order valence-corrected chi connectivity index (χ4v) is 4.16. The number of rotatable bonds is 3. The van der Waals surface area contributed by atoms with E-state index in [4.69, 9.17) is 21.1 Å². The van der Waals surface area contributed by atoms with Gasteiger partial charge < -0.3 is 29.9 Å². The van der Waals surface area contributed by atoms with Crippen molar-refractivity contribution in [1.29, 1.82) is 0 Å². The van der Waals surface area contributed by atoms with E-state index in [1.165, 1.54) is 0 Å². The van der Waals surface area contributed by atoms with Crippen LogP contribution in [-0.4, -0.2) is 51.4 Å². The van der Waals surface area contributed by atoms with E-state index in [9.17, 15) is 20.4 Å². The summed E-state index contributed by atoms with van der Waals surface area (Å²) in [5.74, 6) is -1.66. The number of aliphatic hydroxyl groups excluding tert-OH is 4. The quantitative estimate of drug-likeness (QED) is 0.615. The highest BCUT2D eigenvalue weighted by atomic mass is 35.5. The highest BCUT2D eigenvalue weighted by Crippen LogP contribution is 2.47. The Labute approximate surface area is 167 Å². The number of ether oxygens (including phenoxy) is 2. The lowest BCUT2D eigenvalue weighted by Gasteiger charge is -2.46. The van der Waals surface area contributed by atoms with Gasteiger partial charge in [-0.2, -0.15) is 0 Å². The van der Waals surface area contributed by atoms with Crippen molar-refractivity contribution in [2.75, 3.05) is 6.61 Å². The normalized spacial score (nSPS) is 31.9. The molecule has 0 radical (unpaired) electrons. The SMILES string of the molecule is Cc1ccc(Cc2cc3c(cc2Cl)CO[C@]32O[C@H](CO)[C@@H](O)[C@H](O)[C@H]2O)cc1. The van der Waals surface area contributed by atoms with E-state index in [2.05, 4.69) is 0 Å². The van der Waals surface area contributed by atoms with Gasteiger partial charge in [-0.15, -0.1) is 0 Å². The second kappa shape index (κ2) is 7.39. The van der Waals surface area contributed by atoms with Crippen LogP contribution < -0.4 is 0 Å². The predicted molar refractivity (Wildman–Crippen MR) is 102 cm³/mol. The minimum absolute atomic E-state index is 0.137. The van der Waals surface area contributed by atoms with Crippen LogP contribution in [-0.2, 0) is 28.3 Å². The van der Waals surface area contributed by atoms with Crippen molar-refractivity contribution in [3.63, 3.8) is 0 Å². The molecule has 0 bridgehead atoms. The molecule has 150 valence electrons. The number of hydrogen-bond acceptors (Lipinski definition) is 6. The number of halogens is 1. The summed E-state index contributed by atoms with van der Waals surface area (Å²) < 4.78 is 11.6. The van der Waals surface area contributed by atoms with Crippen LogP contribution in [0, 0.1) is 6.92 Å². The van der Waals surface area contributed by atoms with E-state index in [1.54, 1.807) is 6.07 Å². The molecular formula is C21H23ClO6. The topological polar surface area (TPSA) is 99.4 Å². The molecular weight excluding hydrogens is 384 g/mol. The average molecular weight is 407 g/mol. The molecule has 0 saturated carbocycles. The Morgan fingerprint density at radius 3 is 2.50 bits per heavy atom. The number of aryl methyl sites for hydroxylation is 1. The van der Waals surface area contributed by atoms with Gasteiger partial charge in [0.15, 0.2) is 0 Å². The van der Waals surface area contributed by atoms with Gasteiger partial charge in [0.2, 0.25) is 5.79 Å². The van der Waals surface area contributed by atoms with Crippen LogP contribution in [0.15, 0.2) is 36.4 Å². The van der Waals surface area contributed by atoms with Crippen LogP contribution in [0.1, 0.15) is 27.8 Å². The molecule has 4 rings (SSSR count). The van der Waals surface area contributed by atoms with Crippen LogP contribution in [0.25, 0.3) is 0 Å². The molecule has 6 nitrogen and oxygen atoms in total. The predicted octanol–water partition coefficient (Wildman–Crippen LogP) is 1.40. The first-order valence-electron chi connectivity index (χ1n) is 9.20. The zero-order valence-corrected chi connectivity index (χ0v) is 16.1. The third-order valence-electron chi connectivity index (χ3n) is 5.56. The summed E-state index contributed by atoms with van der Waals surface area (Å²) in [6.45, 7) is 1.64. The Balaban J connectivity index is 1.73. The summed E-state index contributed by atoms with van der Waals surface area (Å²) in [4.78, 5) is 0. The minimum Gasteiger partial charge on any atom is -0.394 e. The molecule has 1 saturated heterocycles. The molecule has 2 aliphatic rings. The van der Waals surface area contributed by atoms with Crippen LogP contribution >= 0.6 is 11.6 Å². The largest absolute Gasteiger partial charge is 0.394 e. The monoisotopic (exact) mass is 406 g/mol. The van der Waals surface area contributed by atoms with Crippen LogP contribution in [0.2, 0.25) is 5.02 Å². The Morgan fingerprint density at radius 1 is 1.11 bits per heavy atom. The Morgan fingerprint density at radius 2 is 1.82 bits per heavy atom. The molecule has 2 heterocycles. The van der Waals surface area contributed by atoms with Gasteiger partial charge >= 0.3 is 0 Å². The summed E-state index contributed by atoms with van der Waals surface area (Å²) in [6, 6.07) is 11.7. The van der Waals surface area contributed by atoms with Crippen molar-refractivity contribution in [1.82, 2.24) is 0 Å². The smallest absolute Gasteiger partial charge is 0.225 e. The second-order valence-corrected chi connectivity index (χ2v) is 7.89. The zero-order valence-electron chi connectivity index (χ0n) is 15.4. The van der Waals surface area contributed by atoms with Gasteiger partial charge in [-0.1, -0.05) is 41.4 Å². The van der Waals surface area contributed by atoms with Crippen molar-refractivity contribution in [3.8, 4) is 0 Å². The van der Waals surface area contributed by atoms with E-state index in [1.807, 2.05) is 37.3 Å². The molecule has 0 aliphatic carbocycles. The summed E-state index contributed by atoms with van der Waals surface area (Å²) in [6.07, 6.45) is -4.96. The molecule has 2 aromatic carbocycles. The van der Waals surface area contributed by atoms with Gasteiger partial charge in [-0.25, -0.2) is 0 Å². The highest BCUT2D eigenvalue weighted by Gasteiger charge is 2.58. The van der Waals surface area contributed by atoms with Gasteiger partial charge in [-0.05, 0) is 42.2 Å². The van der Waals surface area contributed by atoms with Crippen molar-refractivity contribution in [2.45, 2.75) is 50.2 Å². The maximum absolute atomic E-state index is 10.7. The Bertz CT molecular complexity index is 868. The summed E-state index contributed by atoms with van der Waals surface area (Å²) >= 11 is 6.47. The molecule has 2 aliphatic heterocycles. The Kier molecular flexibility index (Phi) is 5.22. The maximum Gasteiger partial charge on any atom is 0.225 e. The van der Waals surface area contributed by atoms with Crippen LogP contribution in [0.3, 0.4) is 0 Å². The zero-order chi connectivity index (χ0) is 20.1. The van der Waals surface area contributed by atoms with Gasteiger partial charge in [0.05, 0.1) is 13.2 Å². The minimum atomic E-state index is -1.66. The van der Waals surface area contributed by atoms with E-state index < -0.39 is 36.8 Å². The van der Waals surface area contributed by atoms with Crippen molar-refractivity contribution >= 4 is 11.6 Å². The summed E-state index contributed by atoms with van der Waals surface area (Å²) in [7, 11) is 0. The number of aliphatic hydroxyl groups is 4. The molecule has 28 heavy (non-hydrogen) atoms. The van der Waals surface area contributed by atoms with Gasteiger partial charge in [0, 0.05) is 10.6 Å². The summed E-state index contributed by atoms with van der Waals surface area (Å²) in [5, 5.41) is 41.1. The molecule has 1 spiro atoms. The van der Waals surface area contributed by atoms with Crippen molar-refractivity contribution < 1.29 is 29.9 Å². The molecule has 0 aromatic heterocycles. The summed E-state index contributed by atoms with van der Waals surface area (Å²) in [5.41, 5.74) is 4.35. The average Bonchev–Trinajstić information content (AvgIpc) is 3.03. The van der Waals surface area contributed by atoms with E-state index in [-0.39, 0.29) is 6.61 Å². The van der Waals surface area contributed by atoms with E-state index >= 15 is 0 Å². The van der Waals surface area contributed by atoms with Crippen LogP contribution in [0.4, 0.5) is 0 Å². The standard InChI is InChI=1S/C21H23ClO6/c1-11-2-4-12(5-3-11)6-13-7-15-14(8-16(13)22)10-27-21(15)20(26)19(25)18(24)17(9-23)28-21/h2-5,7-8,17-20,23-26H,6,9-10H2,1H3/t17-,18-,19+,20-,21+/m1/s1. The fourth-order valence-electron chi connectivity index (χ4n) is 3.91. The molecule has 0 unspecified atom stereocenters. The number of hydrogen-bond donors (Lipinski definition) is 4. The van der Waals surface area contributed by atoms with E-state index in [0.717, 1.165) is 22.3 Å². The first kappa shape index (κ1) is 19.8. The molecule has 7 heteroatoms. The number of fused-ring (bicyclic) bond motifs is 2. The molecule has 2 aromatic rings. The van der Waals surface area contributed by atoms with Crippen LogP contribution in [0.5, 0.6) is 0 Å². The molecule has 4 N–H and O–H groups in total. The maximum atomic E-state index is 10.7. The van der Waals surface area contributed by atoms with Crippen molar-refractivity contribution in [2.24, 2.45) is 0 Å².